The summed E-state index contributed by atoms with van der Waals surface area (Å²) >= 11 is 12.3. The SMILES string of the molecule is CCCNC(=O)C(CC)N(Cc1ccc(Cl)c(Cl)c1)C(=O)CCCN1c2cccc3cccc(c23)S1(=O)=O. The van der Waals surface area contributed by atoms with E-state index >= 15 is 0 Å². The van der Waals surface area contributed by atoms with Crippen LogP contribution in [0.1, 0.15) is 45.1 Å². The van der Waals surface area contributed by atoms with Crippen LogP contribution in [0.3, 0.4) is 0 Å². The van der Waals surface area contributed by atoms with Crippen molar-refractivity contribution in [1.29, 1.82) is 0 Å². The van der Waals surface area contributed by atoms with Crippen LogP contribution in [0.15, 0.2) is 59.5 Å². The van der Waals surface area contributed by atoms with Crippen LogP contribution >= 0.6 is 23.2 Å². The first-order valence-electron chi connectivity index (χ1n) is 12.7. The maximum absolute atomic E-state index is 13.5. The molecule has 4 rings (SSSR count). The van der Waals surface area contributed by atoms with Crippen LogP contribution in [0.25, 0.3) is 10.8 Å². The van der Waals surface area contributed by atoms with Crippen molar-refractivity contribution in [3.63, 3.8) is 0 Å². The summed E-state index contributed by atoms with van der Waals surface area (Å²) in [6.07, 6.45) is 1.59. The third kappa shape index (κ3) is 5.63. The molecule has 0 aromatic heterocycles. The smallest absolute Gasteiger partial charge is 0.265 e. The molecule has 10 heteroatoms. The third-order valence-electron chi connectivity index (χ3n) is 6.71. The first kappa shape index (κ1) is 28.2. The van der Waals surface area contributed by atoms with Gasteiger partial charge in [-0.25, -0.2) is 8.42 Å². The summed E-state index contributed by atoms with van der Waals surface area (Å²) in [4.78, 5) is 28.3. The second-order valence-corrected chi connectivity index (χ2v) is 11.9. The average Bonchev–Trinajstić information content (AvgIpc) is 3.12. The van der Waals surface area contributed by atoms with Crippen molar-refractivity contribution in [3.05, 3.63) is 70.2 Å². The lowest BCUT2D eigenvalue weighted by atomic mass is 10.1. The van der Waals surface area contributed by atoms with Crippen LogP contribution in [0, 0.1) is 0 Å². The van der Waals surface area contributed by atoms with E-state index in [0.717, 1.165) is 17.4 Å². The number of hydrogen-bond acceptors (Lipinski definition) is 4. The molecule has 0 aliphatic carbocycles. The number of rotatable bonds is 11. The molecule has 3 aromatic carbocycles. The molecule has 0 bridgehead atoms. The normalized spacial score (nSPS) is 14.5. The fourth-order valence-electron chi connectivity index (χ4n) is 4.84. The van der Waals surface area contributed by atoms with Crippen LogP contribution in [-0.4, -0.2) is 44.3 Å². The van der Waals surface area contributed by atoms with Gasteiger partial charge in [-0.3, -0.25) is 13.9 Å². The number of amides is 2. The Kier molecular flexibility index (Phi) is 8.85. The zero-order valence-corrected chi connectivity index (χ0v) is 23.7. The standard InChI is InChI=1S/C28H31Cl2N3O4S/c1-3-15-31-28(35)23(4-2)32(18-19-13-14-21(29)22(30)17-19)26(34)12-7-16-33-24-10-5-8-20-9-6-11-25(27(20)24)38(33,36)37/h5-6,8-11,13-14,17,23H,3-4,7,12,15-16,18H2,1-2H3,(H,31,35). The second kappa shape index (κ2) is 11.9. The van der Waals surface area contributed by atoms with E-state index < -0.39 is 16.1 Å². The van der Waals surface area contributed by atoms with Gasteiger partial charge >= 0.3 is 0 Å². The van der Waals surface area contributed by atoms with Gasteiger partial charge in [0.15, 0.2) is 0 Å². The Labute approximate surface area is 233 Å². The summed E-state index contributed by atoms with van der Waals surface area (Å²) < 4.78 is 27.9. The van der Waals surface area contributed by atoms with Crippen molar-refractivity contribution in [3.8, 4) is 0 Å². The van der Waals surface area contributed by atoms with E-state index in [-0.39, 0.29) is 36.2 Å². The van der Waals surface area contributed by atoms with Gasteiger partial charge in [0.05, 0.1) is 20.6 Å². The minimum absolute atomic E-state index is 0.0806. The highest BCUT2D eigenvalue weighted by Crippen LogP contribution is 2.42. The molecule has 0 saturated carbocycles. The van der Waals surface area contributed by atoms with Crippen molar-refractivity contribution in [2.45, 2.75) is 57.0 Å². The van der Waals surface area contributed by atoms with Crippen LogP contribution in [0.5, 0.6) is 0 Å². The topological polar surface area (TPSA) is 86.8 Å². The summed E-state index contributed by atoms with van der Waals surface area (Å²) in [5.74, 6) is -0.450. The van der Waals surface area contributed by atoms with Gasteiger partial charge in [-0.05, 0) is 54.5 Å². The van der Waals surface area contributed by atoms with Crippen molar-refractivity contribution in [1.82, 2.24) is 10.2 Å². The maximum Gasteiger partial charge on any atom is 0.265 e. The predicted molar refractivity (Wildman–Crippen MR) is 152 cm³/mol. The van der Waals surface area contributed by atoms with Gasteiger partial charge in [-0.2, -0.15) is 0 Å². The number of nitrogens with zero attached hydrogens (tertiary/aromatic N) is 2. The molecule has 3 aromatic rings. The van der Waals surface area contributed by atoms with Crippen molar-refractivity contribution in [2.24, 2.45) is 0 Å². The minimum atomic E-state index is -3.70. The summed E-state index contributed by atoms with van der Waals surface area (Å²) in [5.41, 5.74) is 1.38. The highest BCUT2D eigenvalue weighted by Gasteiger charge is 2.35. The average molecular weight is 577 g/mol. The summed E-state index contributed by atoms with van der Waals surface area (Å²) in [5, 5.41) is 5.23. The molecule has 0 saturated heterocycles. The Bertz CT molecular complexity index is 1460. The monoisotopic (exact) mass is 575 g/mol. The number of carbonyl (C=O) groups is 2. The number of carbonyl (C=O) groups excluding carboxylic acids is 2. The number of nitrogens with one attached hydrogen (secondary N) is 1. The first-order chi connectivity index (χ1) is 18.2. The zero-order valence-electron chi connectivity index (χ0n) is 21.4. The molecular formula is C28H31Cl2N3O4S. The van der Waals surface area contributed by atoms with Gasteiger partial charge in [-0.15, -0.1) is 0 Å². The van der Waals surface area contributed by atoms with Crippen LogP contribution in [-0.2, 0) is 26.2 Å². The van der Waals surface area contributed by atoms with Crippen LogP contribution in [0.2, 0.25) is 10.0 Å². The largest absolute Gasteiger partial charge is 0.354 e. The Morgan fingerprint density at radius 1 is 1.03 bits per heavy atom. The van der Waals surface area contributed by atoms with Gasteiger partial charge in [0.25, 0.3) is 10.0 Å². The zero-order chi connectivity index (χ0) is 27.4. The molecule has 7 nitrogen and oxygen atoms in total. The number of benzene rings is 3. The third-order valence-corrected chi connectivity index (χ3v) is 9.30. The molecule has 1 heterocycles. The van der Waals surface area contributed by atoms with Gasteiger partial charge in [0.2, 0.25) is 11.8 Å². The molecule has 1 N–H and O–H groups in total. The van der Waals surface area contributed by atoms with Crippen molar-refractivity contribution in [2.75, 3.05) is 17.4 Å². The summed E-state index contributed by atoms with van der Waals surface area (Å²) in [6.45, 7) is 4.68. The van der Waals surface area contributed by atoms with E-state index in [1.165, 1.54) is 4.31 Å². The fraction of sp³-hybridized carbons (Fsp3) is 0.357. The highest BCUT2D eigenvalue weighted by atomic mass is 35.5. The van der Waals surface area contributed by atoms with E-state index in [2.05, 4.69) is 5.32 Å². The molecule has 1 aliphatic heterocycles. The molecule has 38 heavy (non-hydrogen) atoms. The van der Waals surface area contributed by atoms with Crippen molar-refractivity contribution < 1.29 is 18.0 Å². The van der Waals surface area contributed by atoms with E-state index in [4.69, 9.17) is 23.2 Å². The molecule has 1 atom stereocenters. The predicted octanol–water partition coefficient (Wildman–Crippen LogP) is 5.77. The lowest BCUT2D eigenvalue weighted by Crippen LogP contribution is -2.49. The number of anilines is 1. The van der Waals surface area contributed by atoms with Gasteiger partial charge in [0.1, 0.15) is 6.04 Å². The molecule has 0 radical (unpaired) electrons. The van der Waals surface area contributed by atoms with E-state index in [0.29, 0.717) is 40.5 Å². The molecular weight excluding hydrogens is 545 g/mol. The van der Waals surface area contributed by atoms with Gasteiger partial charge in [-0.1, -0.05) is 67.4 Å². The number of halogens is 2. The number of sulfonamides is 1. The Morgan fingerprint density at radius 3 is 2.45 bits per heavy atom. The van der Waals surface area contributed by atoms with Crippen molar-refractivity contribution >= 4 is 61.5 Å². The van der Waals surface area contributed by atoms with E-state index in [1.807, 2.05) is 32.0 Å². The molecule has 1 aliphatic rings. The van der Waals surface area contributed by atoms with E-state index in [1.54, 1.807) is 41.3 Å². The molecule has 0 spiro atoms. The Balaban J connectivity index is 1.52. The maximum atomic E-state index is 13.5. The van der Waals surface area contributed by atoms with E-state index in [9.17, 15) is 18.0 Å². The van der Waals surface area contributed by atoms with Crippen LogP contribution in [0.4, 0.5) is 5.69 Å². The minimum Gasteiger partial charge on any atom is -0.354 e. The quantitative estimate of drug-likeness (QED) is 0.314. The Hall–Kier alpha value is -2.81. The first-order valence-corrected chi connectivity index (χ1v) is 14.9. The van der Waals surface area contributed by atoms with Gasteiger partial charge < -0.3 is 10.2 Å². The second-order valence-electron chi connectivity index (χ2n) is 9.30. The summed E-state index contributed by atoms with van der Waals surface area (Å²) in [7, 11) is -3.70. The molecule has 202 valence electrons. The lowest BCUT2D eigenvalue weighted by molar-refractivity contribution is -0.141. The summed E-state index contributed by atoms with van der Waals surface area (Å²) in [6, 6.07) is 15.2. The van der Waals surface area contributed by atoms with Crippen LogP contribution < -0.4 is 9.62 Å². The van der Waals surface area contributed by atoms with Gasteiger partial charge in [0, 0.05) is 31.4 Å². The molecule has 1 unspecified atom stereocenters. The Morgan fingerprint density at radius 2 is 1.76 bits per heavy atom. The molecule has 0 fully saturated rings. The number of hydrogen-bond donors (Lipinski definition) is 1. The fourth-order valence-corrected chi connectivity index (χ4v) is 6.91. The highest BCUT2D eigenvalue weighted by molar-refractivity contribution is 7.93. The molecule has 2 amide bonds. The lowest BCUT2D eigenvalue weighted by Gasteiger charge is -2.31.